The SMILES string of the molecule is COC(C)Cc1cccc(C(CC(=O)O)C2CC2)c1. The van der Waals surface area contributed by atoms with Gasteiger partial charge in [-0.05, 0) is 49.1 Å². The highest BCUT2D eigenvalue weighted by atomic mass is 16.5. The number of aliphatic carboxylic acids is 1. The molecule has 0 amide bonds. The molecule has 1 aliphatic rings. The standard InChI is InChI=1S/C16H22O3/c1-11(19-2)8-12-4-3-5-14(9-12)15(10-16(17)18)13-6-7-13/h3-5,9,11,13,15H,6-8,10H2,1-2H3,(H,17,18). The van der Waals surface area contributed by atoms with Gasteiger partial charge in [-0.25, -0.2) is 0 Å². The quantitative estimate of drug-likeness (QED) is 0.820. The molecule has 3 heteroatoms. The van der Waals surface area contributed by atoms with E-state index < -0.39 is 5.97 Å². The maximum atomic E-state index is 11.0. The van der Waals surface area contributed by atoms with Crippen LogP contribution >= 0.6 is 0 Å². The van der Waals surface area contributed by atoms with Crippen molar-refractivity contribution in [1.82, 2.24) is 0 Å². The first-order valence-electron chi connectivity index (χ1n) is 6.93. The summed E-state index contributed by atoms with van der Waals surface area (Å²) < 4.78 is 5.28. The molecule has 0 aliphatic heterocycles. The minimum Gasteiger partial charge on any atom is -0.481 e. The molecule has 2 atom stereocenters. The molecular formula is C16H22O3. The van der Waals surface area contributed by atoms with Gasteiger partial charge in [0.05, 0.1) is 12.5 Å². The van der Waals surface area contributed by atoms with Crippen LogP contribution in [0.15, 0.2) is 24.3 Å². The van der Waals surface area contributed by atoms with Gasteiger partial charge < -0.3 is 9.84 Å². The summed E-state index contributed by atoms with van der Waals surface area (Å²) in [6.45, 7) is 2.04. The molecule has 3 nitrogen and oxygen atoms in total. The number of benzene rings is 1. The Morgan fingerprint density at radius 2 is 2.21 bits per heavy atom. The third kappa shape index (κ3) is 4.06. The maximum Gasteiger partial charge on any atom is 0.303 e. The average Bonchev–Trinajstić information content (AvgIpc) is 3.20. The number of hydrogen-bond donors (Lipinski definition) is 1. The Labute approximate surface area is 114 Å². The van der Waals surface area contributed by atoms with Crippen molar-refractivity contribution in [3.8, 4) is 0 Å². The van der Waals surface area contributed by atoms with Gasteiger partial charge in [0.2, 0.25) is 0 Å². The van der Waals surface area contributed by atoms with E-state index in [9.17, 15) is 4.79 Å². The Balaban J connectivity index is 2.13. The minimum absolute atomic E-state index is 0.176. The monoisotopic (exact) mass is 262 g/mol. The van der Waals surface area contributed by atoms with E-state index in [1.54, 1.807) is 7.11 Å². The van der Waals surface area contributed by atoms with Crippen molar-refractivity contribution in [2.75, 3.05) is 7.11 Å². The van der Waals surface area contributed by atoms with Crippen LogP contribution in [0.2, 0.25) is 0 Å². The predicted molar refractivity (Wildman–Crippen MR) is 74.3 cm³/mol. The minimum atomic E-state index is -0.701. The number of carbonyl (C=O) groups is 1. The molecule has 0 spiro atoms. The zero-order valence-corrected chi connectivity index (χ0v) is 11.6. The predicted octanol–water partition coefficient (Wildman–Crippen LogP) is 3.23. The second-order valence-electron chi connectivity index (χ2n) is 5.54. The van der Waals surface area contributed by atoms with E-state index in [0.717, 1.165) is 19.3 Å². The number of carboxylic acid groups (broad SMARTS) is 1. The smallest absolute Gasteiger partial charge is 0.303 e. The lowest BCUT2D eigenvalue weighted by Crippen LogP contribution is -2.11. The number of methoxy groups -OCH3 is 1. The summed E-state index contributed by atoms with van der Waals surface area (Å²) in [4.78, 5) is 11.0. The molecule has 1 saturated carbocycles. The second kappa shape index (κ2) is 6.20. The van der Waals surface area contributed by atoms with Crippen molar-refractivity contribution < 1.29 is 14.6 Å². The highest BCUT2D eigenvalue weighted by molar-refractivity contribution is 5.68. The molecule has 1 aromatic carbocycles. The molecule has 0 radical (unpaired) electrons. The summed E-state index contributed by atoms with van der Waals surface area (Å²) in [7, 11) is 1.71. The average molecular weight is 262 g/mol. The first-order chi connectivity index (χ1) is 9.10. The number of ether oxygens (including phenoxy) is 1. The van der Waals surface area contributed by atoms with Crippen molar-refractivity contribution >= 4 is 5.97 Å². The molecule has 1 aromatic rings. The van der Waals surface area contributed by atoms with Crippen LogP contribution in [-0.2, 0) is 16.0 Å². The van der Waals surface area contributed by atoms with E-state index in [-0.39, 0.29) is 18.4 Å². The molecule has 104 valence electrons. The summed E-state index contributed by atoms with van der Waals surface area (Å²) in [6, 6.07) is 8.34. The van der Waals surface area contributed by atoms with Gasteiger partial charge in [-0.15, -0.1) is 0 Å². The molecule has 1 N–H and O–H groups in total. The summed E-state index contributed by atoms with van der Waals surface area (Å²) in [5.74, 6) is 0.0362. The van der Waals surface area contributed by atoms with Crippen molar-refractivity contribution in [1.29, 1.82) is 0 Å². The van der Waals surface area contributed by atoms with Crippen LogP contribution < -0.4 is 0 Å². The second-order valence-corrected chi connectivity index (χ2v) is 5.54. The van der Waals surface area contributed by atoms with Gasteiger partial charge in [-0.3, -0.25) is 4.79 Å². The van der Waals surface area contributed by atoms with E-state index in [4.69, 9.17) is 9.84 Å². The number of carboxylic acids is 1. The lowest BCUT2D eigenvalue weighted by molar-refractivity contribution is -0.137. The zero-order chi connectivity index (χ0) is 13.8. The van der Waals surface area contributed by atoms with E-state index in [0.29, 0.717) is 5.92 Å². The molecule has 0 aromatic heterocycles. The third-order valence-electron chi connectivity index (χ3n) is 3.89. The number of hydrogen-bond acceptors (Lipinski definition) is 2. The maximum absolute atomic E-state index is 11.0. The molecule has 2 unspecified atom stereocenters. The van der Waals surface area contributed by atoms with Gasteiger partial charge in [0.1, 0.15) is 0 Å². The van der Waals surface area contributed by atoms with E-state index in [1.165, 1.54) is 11.1 Å². The van der Waals surface area contributed by atoms with Gasteiger partial charge in [0, 0.05) is 7.11 Å². The summed E-state index contributed by atoms with van der Waals surface area (Å²) in [6.07, 6.45) is 3.63. The molecule has 0 heterocycles. The first kappa shape index (κ1) is 14.1. The molecule has 19 heavy (non-hydrogen) atoms. The lowest BCUT2D eigenvalue weighted by Gasteiger charge is -2.16. The van der Waals surface area contributed by atoms with Crippen molar-refractivity contribution in [3.63, 3.8) is 0 Å². The Morgan fingerprint density at radius 1 is 1.47 bits per heavy atom. The highest BCUT2D eigenvalue weighted by Gasteiger charge is 2.33. The van der Waals surface area contributed by atoms with Crippen LogP contribution in [0.1, 0.15) is 43.2 Å². The number of rotatable bonds is 7. The molecule has 0 bridgehead atoms. The molecule has 1 aliphatic carbocycles. The topological polar surface area (TPSA) is 46.5 Å². The normalized spacial score (nSPS) is 18.0. The van der Waals surface area contributed by atoms with Crippen LogP contribution in [0, 0.1) is 5.92 Å². The fourth-order valence-electron chi connectivity index (χ4n) is 2.61. The Morgan fingerprint density at radius 3 is 2.79 bits per heavy atom. The third-order valence-corrected chi connectivity index (χ3v) is 3.89. The summed E-state index contributed by atoms with van der Waals surface area (Å²) >= 11 is 0. The van der Waals surface area contributed by atoms with E-state index in [1.807, 2.05) is 13.0 Å². The van der Waals surface area contributed by atoms with Crippen LogP contribution in [-0.4, -0.2) is 24.3 Å². The largest absolute Gasteiger partial charge is 0.481 e. The highest BCUT2D eigenvalue weighted by Crippen LogP contribution is 2.44. The van der Waals surface area contributed by atoms with Crippen molar-refractivity contribution in [2.45, 2.75) is 44.6 Å². The summed E-state index contributed by atoms with van der Waals surface area (Å²) in [5, 5.41) is 9.05. The Bertz CT molecular complexity index is 437. The molecule has 1 fully saturated rings. The molecule has 2 rings (SSSR count). The fourth-order valence-corrected chi connectivity index (χ4v) is 2.61. The van der Waals surface area contributed by atoms with Gasteiger partial charge in [0.25, 0.3) is 0 Å². The van der Waals surface area contributed by atoms with Crippen molar-refractivity contribution in [3.05, 3.63) is 35.4 Å². The Kier molecular flexibility index (Phi) is 4.59. The summed E-state index contributed by atoms with van der Waals surface area (Å²) in [5.41, 5.74) is 2.40. The van der Waals surface area contributed by atoms with Crippen LogP contribution in [0.3, 0.4) is 0 Å². The van der Waals surface area contributed by atoms with Gasteiger partial charge in [-0.2, -0.15) is 0 Å². The van der Waals surface area contributed by atoms with E-state index in [2.05, 4.69) is 18.2 Å². The first-order valence-corrected chi connectivity index (χ1v) is 6.93. The van der Waals surface area contributed by atoms with Crippen LogP contribution in [0.4, 0.5) is 0 Å². The molecule has 0 saturated heterocycles. The van der Waals surface area contributed by atoms with Gasteiger partial charge in [0.15, 0.2) is 0 Å². The van der Waals surface area contributed by atoms with Gasteiger partial charge in [-0.1, -0.05) is 24.3 Å². The fraction of sp³-hybridized carbons (Fsp3) is 0.562. The lowest BCUT2D eigenvalue weighted by atomic mass is 9.89. The van der Waals surface area contributed by atoms with Gasteiger partial charge >= 0.3 is 5.97 Å². The van der Waals surface area contributed by atoms with Crippen LogP contribution in [0.25, 0.3) is 0 Å². The Hall–Kier alpha value is -1.35. The zero-order valence-electron chi connectivity index (χ0n) is 11.6. The molecular weight excluding hydrogens is 240 g/mol. The van der Waals surface area contributed by atoms with Crippen LogP contribution in [0.5, 0.6) is 0 Å². The van der Waals surface area contributed by atoms with Crippen molar-refractivity contribution in [2.24, 2.45) is 5.92 Å². The van der Waals surface area contributed by atoms with E-state index >= 15 is 0 Å².